The number of halogens is 1. The zero-order chi connectivity index (χ0) is 14.0. The molecule has 1 aromatic carbocycles. The molecule has 19 heavy (non-hydrogen) atoms. The highest BCUT2D eigenvalue weighted by molar-refractivity contribution is 9.10. The zero-order valence-corrected chi connectivity index (χ0v) is 13.7. The van der Waals surface area contributed by atoms with E-state index in [0.717, 1.165) is 23.1 Å². The van der Waals surface area contributed by atoms with Crippen molar-refractivity contribution < 1.29 is 5.11 Å². The van der Waals surface area contributed by atoms with Crippen molar-refractivity contribution in [2.75, 3.05) is 18.0 Å². The summed E-state index contributed by atoms with van der Waals surface area (Å²) in [4.78, 5) is 2.45. The standard InChI is InChI=1S/C16H24BrNO/c1-4-16(3)7-9-18(10-8-16)13-5-6-14(12(2)19)15(17)11-13/h5-6,11-12,19H,4,7-10H2,1-3H3/t12-/m1/s1. The van der Waals surface area contributed by atoms with Crippen molar-refractivity contribution in [3.63, 3.8) is 0 Å². The van der Waals surface area contributed by atoms with E-state index in [-0.39, 0.29) is 0 Å². The van der Waals surface area contributed by atoms with Crippen molar-refractivity contribution in [2.45, 2.75) is 46.1 Å². The summed E-state index contributed by atoms with van der Waals surface area (Å²) in [5, 5.41) is 9.66. The number of anilines is 1. The molecule has 0 spiro atoms. The Labute approximate surface area is 124 Å². The van der Waals surface area contributed by atoms with Crippen LogP contribution >= 0.6 is 15.9 Å². The molecule has 1 aliphatic rings. The lowest BCUT2D eigenvalue weighted by atomic mass is 9.78. The third-order valence-corrected chi connectivity index (χ3v) is 5.31. The smallest absolute Gasteiger partial charge is 0.0772 e. The van der Waals surface area contributed by atoms with Crippen LogP contribution in [0.5, 0.6) is 0 Å². The summed E-state index contributed by atoms with van der Waals surface area (Å²) in [6.07, 6.45) is 3.37. The highest BCUT2D eigenvalue weighted by Gasteiger charge is 2.28. The van der Waals surface area contributed by atoms with E-state index < -0.39 is 6.10 Å². The molecule has 1 heterocycles. The predicted octanol–water partition coefficient (Wildman–Crippen LogP) is 4.52. The second-order valence-corrected chi connectivity index (χ2v) is 6.89. The number of nitrogens with zero attached hydrogens (tertiary/aromatic N) is 1. The van der Waals surface area contributed by atoms with Gasteiger partial charge in [0.05, 0.1) is 6.10 Å². The van der Waals surface area contributed by atoms with Gasteiger partial charge < -0.3 is 10.0 Å². The monoisotopic (exact) mass is 325 g/mol. The van der Waals surface area contributed by atoms with Crippen LogP contribution in [0.3, 0.4) is 0 Å². The Hall–Kier alpha value is -0.540. The fraction of sp³-hybridized carbons (Fsp3) is 0.625. The molecule has 0 unspecified atom stereocenters. The van der Waals surface area contributed by atoms with Crippen LogP contribution < -0.4 is 4.90 Å². The van der Waals surface area contributed by atoms with E-state index in [2.05, 4.69) is 46.8 Å². The van der Waals surface area contributed by atoms with Gasteiger partial charge >= 0.3 is 0 Å². The van der Waals surface area contributed by atoms with Gasteiger partial charge in [0.25, 0.3) is 0 Å². The van der Waals surface area contributed by atoms with Gasteiger partial charge in [0, 0.05) is 23.2 Å². The summed E-state index contributed by atoms with van der Waals surface area (Å²) < 4.78 is 1.00. The Bertz CT molecular complexity index is 436. The van der Waals surface area contributed by atoms with E-state index in [4.69, 9.17) is 0 Å². The minimum atomic E-state index is -0.423. The summed E-state index contributed by atoms with van der Waals surface area (Å²) in [5.74, 6) is 0. The van der Waals surface area contributed by atoms with Gasteiger partial charge in [-0.05, 0) is 42.9 Å². The van der Waals surface area contributed by atoms with Gasteiger partial charge in [0.15, 0.2) is 0 Å². The molecule has 0 aliphatic carbocycles. The van der Waals surface area contributed by atoms with Crippen molar-refractivity contribution in [3.8, 4) is 0 Å². The van der Waals surface area contributed by atoms with Gasteiger partial charge in [-0.1, -0.05) is 42.3 Å². The van der Waals surface area contributed by atoms with Crippen LogP contribution in [0.2, 0.25) is 0 Å². The fourth-order valence-electron chi connectivity index (χ4n) is 2.71. The van der Waals surface area contributed by atoms with Crippen LogP contribution in [-0.2, 0) is 0 Å². The number of rotatable bonds is 3. The van der Waals surface area contributed by atoms with Crippen LogP contribution in [0, 0.1) is 5.41 Å². The van der Waals surface area contributed by atoms with E-state index in [1.54, 1.807) is 6.92 Å². The largest absolute Gasteiger partial charge is 0.389 e. The van der Waals surface area contributed by atoms with Crippen molar-refractivity contribution in [1.29, 1.82) is 0 Å². The number of hydrogen-bond acceptors (Lipinski definition) is 2. The van der Waals surface area contributed by atoms with Gasteiger partial charge in [-0.15, -0.1) is 0 Å². The van der Waals surface area contributed by atoms with Gasteiger partial charge in [-0.2, -0.15) is 0 Å². The Morgan fingerprint density at radius 2 is 2.00 bits per heavy atom. The van der Waals surface area contributed by atoms with Gasteiger partial charge in [-0.25, -0.2) is 0 Å². The van der Waals surface area contributed by atoms with Crippen LogP contribution in [0.4, 0.5) is 5.69 Å². The summed E-state index contributed by atoms with van der Waals surface area (Å²) in [5.41, 5.74) is 2.74. The number of aliphatic hydroxyl groups excluding tert-OH is 1. The number of hydrogen-bond donors (Lipinski definition) is 1. The maximum Gasteiger partial charge on any atom is 0.0772 e. The van der Waals surface area contributed by atoms with Crippen molar-refractivity contribution in [2.24, 2.45) is 5.41 Å². The van der Waals surface area contributed by atoms with Gasteiger partial charge in [-0.3, -0.25) is 0 Å². The normalized spacial score (nSPS) is 20.4. The molecule has 1 N–H and O–H groups in total. The van der Waals surface area contributed by atoms with Crippen LogP contribution in [0.1, 0.15) is 51.7 Å². The lowest BCUT2D eigenvalue weighted by molar-refractivity contribution is 0.198. The Balaban J connectivity index is 2.10. The van der Waals surface area contributed by atoms with E-state index in [0.29, 0.717) is 5.41 Å². The molecule has 1 atom stereocenters. The fourth-order valence-corrected chi connectivity index (χ4v) is 3.41. The molecule has 1 saturated heterocycles. The molecule has 3 heteroatoms. The van der Waals surface area contributed by atoms with Gasteiger partial charge in [0.2, 0.25) is 0 Å². The first-order valence-corrected chi connectivity index (χ1v) is 7.97. The molecule has 2 rings (SSSR count). The lowest BCUT2D eigenvalue weighted by Crippen LogP contribution is -2.38. The maximum absolute atomic E-state index is 9.66. The van der Waals surface area contributed by atoms with E-state index in [1.165, 1.54) is 24.9 Å². The minimum Gasteiger partial charge on any atom is -0.389 e. The summed E-state index contributed by atoms with van der Waals surface area (Å²) in [7, 11) is 0. The van der Waals surface area contributed by atoms with Crippen LogP contribution in [-0.4, -0.2) is 18.2 Å². The Morgan fingerprint density at radius 1 is 1.37 bits per heavy atom. The molecule has 2 nitrogen and oxygen atoms in total. The second kappa shape index (κ2) is 5.84. The first-order chi connectivity index (χ1) is 8.95. The molecule has 0 saturated carbocycles. The molecule has 1 aromatic rings. The topological polar surface area (TPSA) is 23.5 Å². The SMILES string of the molecule is CCC1(C)CCN(c2ccc([C@@H](C)O)c(Br)c2)CC1. The first-order valence-electron chi connectivity index (χ1n) is 7.18. The minimum absolute atomic E-state index is 0.423. The van der Waals surface area contributed by atoms with Crippen LogP contribution in [0.15, 0.2) is 22.7 Å². The molecular formula is C16H24BrNO. The molecule has 1 aliphatic heterocycles. The summed E-state index contributed by atoms with van der Waals surface area (Å²) in [6, 6.07) is 6.29. The van der Waals surface area contributed by atoms with E-state index in [1.807, 2.05) is 6.07 Å². The molecule has 1 fully saturated rings. The highest BCUT2D eigenvalue weighted by atomic mass is 79.9. The Morgan fingerprint density at radius 3 is 2.47 bits per heavy atom. The predicted molar refractivity (Wildman–Crippen MR) is 84.6 cm³/mol. The quantitative estimate of drug-likeness (QED) is 0.883. The molecule has 0 bridgehead atoms. The summed E-state index contributed by atoms with van der Waals surface area (Å²) in [6.45, 7) is 8.75. The molecule has 0 aromatic heterocycles. The van der Waals surface area contributed by atoms with E-state index >= 15 is 0 Å². The van der Waals surface area contributed by atoms with Crippen molar-refractivity contribution in [3.05, 3.63) is 28.2 Å². The van der Waals surface area contributed by atoms with Gasteiger partial charge in [0.1, 0.15) is 0 Å². The third-order valence-electron chi connectivity index (χ3n) is 4.62. The third kappa shape index (κ3) is 3.32. The highest BCUT2D eigenvalue weighted by Crippen LogP contribution is 2.36. The molecule has 0 radical (unpaired) electrons. The average molecular weight is 326 g/mol. The van der Waals surface area contributed by atoms with Crippen LogP contribution in [0.25, 0.3) is 0 Å². The average Bonchev–Trinajstić information content (AvgIpc) is 2.39. The molecule has 106 valence electrons. The number of piperidine rings is 1. The van der Waals surface area contributed by atoms with Crippen molar-refractivity contribution >= 4 is 21.6 Å². The first kappa shape index (κ1) is 14.9. The second-order valence-electron chi connectivity index (χ2n) is 6.03. The lowest BCUT2D eigenvalue weighted by Gasteiger charge is -2.40. The molecular weight excluding hydrogens is 302 g/mol. The van der Waals surface area contributed by atoms with E-state index in [9.17, 15) is 5.11 Å². The number of aliphatic hydroxyl groups is 1. The Kier molecular flexibility index (Phi) is 4.57. The van der Waals surface area contributed by atoms with Crippen molar-refractivity contribution in [1.82, 2.24) is 0 Å². The molecule has 0 amide bonds. The maximum atomic E-state index is 9.66. The number of benzene rings is 1. The summed E-state index contributed by atoms with van der Waals surface area (Å²) >= 11 is 3.56. The zero-order valence-electron chi connectivity index (χ0n) is 12.1.